The van der Waals surface area contributed by atoms with Crippen LogP contribution in [0.5, 0.6) is 0 Å². The summed E-state index contributed by atoms with van der Waals surface area (Å²) in [5, 5.41) is 40.5. The first-order valence-electron chi connectivity index (χ1n) is 8.61. The second kappa shape index (κ2) is 9.56. The lowest BCUT2D eigenvalue weighted by atomic mass is 10.3. The minimum atomic E-state index is -1.00. The molecule has 29 heavy (non-hydrogen) atoms. The third-order valence-corrected chi connectivity index (χ3v) is 3.61. The lowest BCUT2D eigenvalue weighted by molar-refractivity contribution is -0.234. The Morgan fingerprint density at radius 1 is 0.621 bits per heavy atom. The lowest BCUT2D eigenvalue weighted by Crippen LogP contribution is -2.51. The van der Waals surface area contributed by atoms with Gasteiger partial charge in [0.25, 0.3) is 0 Å². The molecule has 0 aliphatic carbocycles. The van der Waals surface area contributed by atoms with Crippen LogP contribution in [-0.4, -0.2) is 18.1 Å². The van der Waals surface area contributed by atoms with Crippen LogP contribution in [0.25, 0.3) is 0 Å². The molecule has 0 amide bonds. The number of nitrogens with one attached hydrogen (secondary N) is 1. The van der Waals surface area contributed by atoms with Crippen molar-refractivity contribution < 1.29 is 15.3 Å². The van der Waals surface area contributed by atoms with Crippen molar-refractivity contribution in [1.29, 1.82) is 0 Å². The third kappa shape index (κ3) is 5.57. The molecule has 0 unspecified atom stereocenters. The van der Waals surface area contributed by atoms with Gasteiger partial charge in [0.1, 0.15) is 0 Å². The largest absolute Gasteiger partial charge is 0.845 e. The Hall–Kier alpha value is -4.33. The maximum atomic E-state index is 12.6. The molecule has 0 spiro atoms. The Morgan fingerprint density at radius 3 is 1.66 bits per heavy atom. The van der Waals surface area contributed by atoms with Crippen LogP contribution in [0, 0.1) is 0 Å². The molecule has 0 atom stereocenters. The van der Waals surface area contributed by atoms with Crippen LogP contribution < -0.4 is 25.6 Å². The van der Waals surface area contributed by atoms with Crippen LogP contribution >= 0.6 is 0 Å². The Balaban J connectivity index is 1.86. The number of amidine groups is 3. The molecule has 8 nitrogen and oxygen atoms in total. The van der Waals surface area contributed by atoms with Gasteiger partial charge in [-0.15, -0.1) is 0 Å². The summed E-state index contributed by atoms with van der Waals surface area (Å²) in [5.41, 5.74) is 3.09. The summed E-state index contributed by atoms with van der Waals surface area (Å²) < 4.78 is 0. The average molecular weight is 386 g/mol. The Labute approximate surface area is 167 Å². The molecule has 0 bridgehead atoms. The van der Waals surface area contributed by atoms with Crippen molar-refractivity contribution in [3.63, 3.8) is 0 Å². The predicted molar refractivity (Wildman–Crippen MR) is 107 cm³/mol. The van der Waals surface area contributed by atoms with Crippen molar-refractivity contribution >= 4 is 35.1 Å². The van der Waals surface area contributed by atoms with Crippen molar-refractivity contribution in [3.05, 3.63) is 91.0 Å². The highest BCUT2D eigenvalue weighted by molar-refractivity contribution is 6.10. The number of aliphatic imine (C=N–C) groups is 2. The van der Waals surface area contributed by atoms with E-state index in [2.05, 4.69) is 15.1 Å². The van der Waals surface area contributed by atoms with Gasteiger partial charge >= 0.3 is 0 Å². The zero-order valence-corrected chi connectivity index (χ0v) is 15.2. The van der Waals surface area contributed by atoms with Gasteiger partial charge in [-0.3, -0.25) is 5.43 Å². The molecule has 3 rings (SSSR count). The van der Waals surface area contributed by atoms with Gasteiger partial charge in [-0.05, 0) is 36.4 Å². The topological polar surface area (TPSA) is 122 Å². The van der Waals surface area contributed by atoms with E-state index in [4.69, 9.17) is 0 Å². The van der Waals surface area contributed by atoms with Crippen LogP contribution in [0.3, 0.4) is 0 Å². The number of hydrazone groups is 1. The van der Waals surface area contributed by atoms with E-state index in [0.717, 1.165) is 4.90 Å². The van der Waals surface area contributed by atoms with Gasteiger partial charge in [0, 0.05) is 5.69 Å². The van der Waals surface area contributed by atoms with Crippen LogP contribution in [0.4, 0.5) is 17.1 Å². The van der Waals surface area contributed by atoms with Crippen molar-refractivity contribution in [2.45, 2.75) is 0 Å². The number of hydrogen-bond acceptors (Lipinski definition) is 6. The quantitative estimate of drug-likeness (QED) is 0.404. The first-order chi connectivity index (χ1) is 14.1. The van der Waals surface area contributed by atoms with Gasteiger partial charge in [-0.25, -0.2) is 9.98 Å². The lowest BCUT2D eigenvalue weighted by Gasteiger charge is -2.33. The maximum absolute atomic E-state index is 12.6. The van der Waals surface area contributed by atoms with Gasteiger partial charge in [0.05, 0.1) is 29.4 Å². The van der Waals surface area contributed by atoms with Gasteiger partial charge < -0.3 is 20.2 Å². The summed E-state index contributed by atoms with van der Waals surface area (Å²) in [7, 11) is 0. The summed E-state index contributed by atoms with van der Waals surface area (Å²) in [4.78, 5) is 8.43. The van der Waals surface area contributed by atoms with E-state index < -0.39 is 18.1 Å². The van der Waals surface area contributed by atoms with Crippen molar-refractivity contribution in [2.75, 3.05) is 4.90 Å². The summed E-state index contributed by atoms with van der Waals surface area (Å²) in [6, 6.07) is 22.4. The fourth-order valence-corrected chi connectivity index (χ4v) is 2.33. The SMILES string of the molecule is [O-]C(=Nc1ccccc1)NN=C([O-])N(C([O-])=Nc1ccccc1)c1ccccc1. The average Bonchev–Trinajstić information content (AvgIpc) is 2.75. The van der Waals surface area contributed by atoms with Crippen LogP contribution in [0.2, 0.25) is 0 Å². The number of nitrogens with zero attached hydrogens (tertiary/aromatic N) is 4. The second-order valence-corrected chi connectivity index (χ2v) is 5.66. The van der Waals surface area contributed by atoms with Crippen molar-refractivity contribution in [2.24, 2.45) is 15.1 Å². The summed E-state index contributed by atoms with van der Waals surface area (Å²) in [6.07, 6.45) is 0. The van der Waals surface area contributed by atoms with E-state index in [1.165, 1.54) is 0 Å². The summed E-state index contributed by atoms with van der Waals surface area (Å²) in [5.74, 6) is 0. The molecule has 3 aromatic carbocycles. The number of rotatable bonds is 4. The number of para-hydroxylation sites is 3. The van der Waals surface area contributed by atoms with E-state index in [1.54, 1.807) is 91.0 Å². The zero-order chi connectivity index (χ0) is 20.5. The highest BCUT2D eigenvalue weighted by Gasteiger charge is 2.07. The molecular formula is C21H16N5O3-3. The molecule has 146 valence electrons. The fraction of sp³-hybridized carbons (Fsp3) is 0. The molecule has 8 heteroatoms. The monoisotopic (exact) mass is 386 g/mol. The van der Waals surface area contributed by atoms with Gasteiger partial charge in [-0.2, -0.15) is 5.10 Å². The summed E-state index contributed by atoms with van der Waals surface area (Å²) in [6.45, 7) is 0. The fourth-order valence-electron chi connectivity index (χ4n) is 2.33. The Kier molecular flexibility index (Phi) is 6.41. The highest BCUT2D eigenvalue weighted by atomic mass is 16.3. The number of benzene rings is 3. The Bertz CT molecular complexity index is 1010. The van der Waals surface area contributed by atoms with E-state index in [9.17, 15) is 15.3 Å². The van der Waals surface area contributed by atoms with E-state index in [0.29, 0.717) is 11.4 Å². The number of anilines is 1. The zero-order valence-electron chi connectivity index (χ0n) is 15.2. The molecule has 0 aromatic heterocycles. The normalized spacial score (nSPS) is 12.5. The van der Waals surface area contributed by atoms with E-state index in [-0.39, 0.29) is 5.69 Å². The summed E-state index contributed by atoms with van der Waals surface area (Å²) >= 11 is 0. The maximum Gasteiger partial charge on any atom is 0.0867 e. The molecule has 0 aliphatic rings. The predicted octanol–water partition coefficient (Wildman–Crippen LogP) is 0.810. The molecule has 0 fully saturated rings. The third-order valence-electron chi connectivity index (χ3n) is 3.61. The van der Waals surface area contributed by atoms with Gasteiger partial charge in [0.2, 0.25) is 0 Å². The van der Waals surface area contributed by atoms with Crippen molar-refractivity contribution in [1.82, 2.24) is 5.43 Å². The van der Waals surface area contributed by atoms with Crippen LogP contribution in [-0.2, 0) is 0 Å². The smallest absolute Gasteiger partial charge is 0.0867 e. The molecule has 0 heterocycles. The van der Waals surface area contributed by atoms with Gasteiger partial charge in [0.15, 0.2) is 0 Å². The van der Waals surface area contributed by atoms with Crippen LogP contribution in [0.15, 0.2) is 106 Å². The van der Waals surface area contributed by atoms with Crippen molar-refractivity contribution in [3.8, 4) is 0 Å². The first-order valence-corrected chi connectivity index (χ1v) is 8.61. The highest BCUT2D eigenvalue weighted by Crippen LogP contribution is 2.16. The second-order valence-electron chi connectivity index (χ2n) is 5.66. The molecule has 0 saturated carbocycles. The minimum Gasteiger partial charge on any atom is -0.845 e. The molecule has 0 aliphatic heterocycles. The molecule has 0 saturated heterocycles. The first kappa shape index (κ1) is 19.4. The Morgan fingerprint density at radius 2 is 1.10 bits per heavy atom. The van der Waals surface area contributed by atoms with E-state index >= 15 is 0 Å². The molecule has 1 N–H and O–H groups in total. The van der Waals surface area contributed by atoms with Gasteiger partial charge in [-0.1, -0.05) is 54.6 Å². The molecule has 3 aromatic rings. The standard InChI is InChI=1S/C21H19N5O3/c27-19(22-16-10-4-1-5-11-16)24-25-21(29)26(18-14-8-3-9-15-18)20(28)23-17-12-6-2-7-13-17/h1-15H,(H,23,28)(H,25,29)(H2,22,24,27)/p-3. The molecule has 0 radical (unpaired) electrons. The minimum absolute atomic E-state index is 0.264. The van der Waals surface area contributed by atoms with Crippen LogP contribution in [0.1, 0.15) is 0 Å². The van der Waals surface area contributed by atoms with E-state index in [1.807, 2.05) is 5.43 Å². The number of hydrogen-bond donors (Lipinski definition) is 1. The molecular weight excluding hydrogens is 370 g/mol.